The van der Waals surface area contributed by atoms with Crippen LogP contribution in [-0.2, 0) is 6.42 Å². The number of rotatable bonds is 4. The maximum Gasteiger partial charge on any atom is 0.126 e. The normalized spacial score (nSPS) is 21.6. The van der Waals surface area contributed by atoms with Crippen molar-refractivity contribution in [3.05, 3.63) is 33.9 Å². The number of phenols is 2. The average Bonchev–Trinajstić information content (AvgIpc) is 2.49. The van der Waals surface area contributed by atoms with Crippen LogP contribution in [0.3, 0.4) is 0 Å². The molecule has 1 aromatic carbocycles. The lowest BCUT2D eigenvalue weighted by atomic mass is 9.71. The molecule has 0 amide bonds. The third kappa shape index (κ3) is 3.27. The summed E-state index contributed by atoms with van der Waals surface area (Å²) in [5, 5.41) is 21.7. The topological polar surface area (TPSA) is 40.5 Å². The second-order valence-electron chi connectivity index (χ2n) is 7.57. The van der Waals surface area contributed by atoms with E-state index in [-0.39, 0.29) is 5.92 Å². The van der Waals surface area contributed by atoms with Gasteiger partial charge < -0.3 is 10.2 Å². The van der Waals surface area contributed by atoms with Gasteiger partial charge >= 0.3 is 0 Å². The first-order valence-corrected chi connectivity index (χ1v) is 9.00. The fraction of sp³-hybridized carbons (Fsp3) is 0.619. The third-order valence-corrected chi connectivity index (χ3v) is 5.61. The predicted octanol–water partition coefficient (Wildman–Crippen LogP) is 5.76. The summed E-state index contributed by atoms with van der Waals surface area (Å²) >= 11 is 0. The van der Waals surface area contributed by atoms with E-state index in [0.717, 1.165) is 47.9 Å². The van der Waals surface area contributed by atoms with E-state index in [0.29, 0.717) is 23.3 Å². The van der Waals surface area contributed by atoms with Gasteiger partial charge in [0.25, 0.3) is 0 Å². The molecule has 2 rings (SSSR count). The summed E-state index contributed by atoms with van der Waals surface area (Å²) in [5.41, 5.74) is 5.09. The fourth-order valence-electron chi connectivity index (χ4n) is 4.16. The molecule has 1 unspecified atom stereocenters. The Kier molecular flexibility index (Phi) is 5.44. The SMILES string of the molecule is CCCc1c(C)c(O)c([C@@H]2C=C(C)CCC2C(C)C)c(O)c1C. The molecule has 0 bridgehead atoms. The molecule has 0 aliphatic heterocycles. The van der Waals surface area contributed by atoms with E-state index >= 15 is 0 Å². The van der Waals surface area contributed by atoms with Crippen LogP contribution < -0.4 is 0 Å². The van der Waals surface area contributed by atoms with Crippen LogP contribution >= 0.6 is 0 Å². The Morgan fingerprint density at radius 3 is 2.13 bits per heavy atom. The van der Waals surface area contributed by atoms with Gasteiger partial charge in [-0.05, 0) is 68.6 Å². The highest BCUT2D eigenvalue weighted by Gasteiger charge is 2.33. The van der Waals surface area contributed by atoms with Crippen LogP contribution in [0.15, 0.2) is 11.6 Å². The van der Waals surface area contributed by atoms with E-state index in [1.807, 2.05) is 13.8 Å². The van der Waals surface area contributed by atoms with Crippen molar-refractivity contribution in [1.82, 2.24) is 0 Å². The molecule has 0 spiro atoms. The van der Waals surface area contributed by atoms with Crippen LogP contribution in [-0.4, -0.2) is 10.2 Å². The van der Waals surface area contributed by atoms with Crippen molar-refractivity contribution in [1.29, 1.82) is 0 Å². The fourth-order valence-corrected chi connectivity index (χ4v) is 4.16. The molecule has 128 valence electrons. The van der Waals surface area contributed by atoms with Crippen LogP contribution in [0.5, 0.6) is 11.5 Å². The summed E-state index contributed by atoms with van der Waals surface area (Å²) in [4.78, 5) is 0. The zero-order chi connectivity index (χ0) is 17.3. The van der Waals surface area contributed by atoms with Gasteiger partial charge in [0.1, 0.15) is 11.5 Å². The summed E-state index contributed by atoms with van der Waals surface area (Å²) in [6, 6.07) is 0. The maximum absolute atomic E-state index is 10.9. The monoisotopic (exact) mass is 316 g/mol. The van der Waals surface area contributed by atoms with E-state index in [1.54, 1.807) is 0 Å². The van der Waals surface area contributed by atoms with Crippen molar-refractivity contribution in [3.8, 4) is 11.5 Å². The van der Waals surface area contributed by atoms with Crippen molar-refractivity contribution in [2.45, 2.75) is 73.1 Å². The highest BCUT2D eigenvalue weighted by molar-refractivity contribution is 5.60. The molecular formula is C21H32O2. The molecule has 1 aromatic rings. The Morgan fingerprint density at radius 1 is 1.09 bits per heavy atom. The summed E-state index contributed by atoms with van der Waals surface area (Å²) in [6.07, 6.45) is 6.41. The molecule has 2 heteroatoms. The van der Waals surface area contributed by atoms with E-state index in [9.17, 15) is 10.2 Å². The lowest BCUT2D eigenvalue weighted by molar-refractivity contribution is 0.303. The Bertz CT molecular complexity index is 582. The minimum absolute atomic E-state index is 0.108. The average molecular weight is 316 g/mol. The van der Waals surface area contributed by atoms with E-state index in [4.69, 9.17) is 0 Å². The van der Waals surface area contributed by atoms with Gasteiger partial charge in [-0.25, -0.2) is 0 Å². The van der Waals surface area contributed by atoms with Crippen molar-refractivity contribution < 1.29 is 10.2 Å². The van der Waals surface area contributed by atoms with Crippen LogP contribution in [0.1, 0.15) is 75.1 Å². The predicted molar refractivity (Wildman–Crippen MR) is 97.3 cm³/mol. The lowest BCUT2D eigenvalue weighted by Crippen LogP contribution is -2.21. The van der Waals surface area contributed by atoms with Gasteiger partial charge in [0.05, 0.1) is 0 Å². The van der Waals surface area contributed by atoms with Crippen molar-refractivity contribution in [2.75, 3.05) is 0 Å². The van der Waals surface area contributed by atoms with E-state index in [1.165, 1.54) is 5.57 Å². The minimum atomic E-state index is 0.108. The molecule has 1 aliphatic rings. The largest absolute Gasteiger partial charge is 0.507 e. The quantitative estimate of drug-likeness (QED) is 0.693. The minimum Gasteiger partial charge on any atom is -0.507 e. The van der Waals surface area contributed by atoms with Crippen molar-refractivity contribution in [3.63, 3.8) is 0 Å². The summed E-state index contributed by atoms with van der Waals surface area (Å²) in [5.74, 6) is 1.71. The second kappa shape index (κ2) is 6.98. The molecule has 0 radical (unpaired) electrons. The Balaban J connectivity index is 2.64. The Labute approximate surface area is 141 Å². The van der Waals surface area contributed by atoms with Crippen molar-refractivity contribution in [2.24, 2.45) is 11.8 Å². The van der Waals surface area contributed by atoms with E-state index < -0.39 is 0 Å². The molecule has 0 aromatic heterocycles. The molecule has 2 atom stereocenters. The zero-order valence-electron chi connectivity index (χ0n) is 15.5. The third-order valence-electron chi connectivity index (χ3n) is 5.61. The Hall–Kier alpha value is -1.44. The molecule has 0 saturated heterocycles. The molecule has 0 heterocycles. The van der Waals surface area contributed by atoms with Crippen molar-refractivity contribution >= 4 is 0 Å². The summed E-state index contributed by atoms with van der Waals surface area (Å²) < 4.78 is 0. The van der Waals surface area contributed by atoms with Crippen LogP contribution in [0.25, 0.3) is 0 Å². The standard InChI is InChI=1S/C21H32O2/c1-7-8-17-14(5)20(22)19(21(23)15(17)6)18-11-13(4)9-10-16(18)12(2)3/h11-12,16,18,22-23H,7-10H2,1-6H3/t16?,18-/m1/s1. The van der Waals surface area contributed by atoms with Gasteiger partial charge in [-0.3, -0.25) is 0 Å². The van der Waals surface area contributed by atoms with Gasteiger partial charge in [-0.2, -0.15) is 0 Å². The first-order valence-electron chi connectivity index (χ1n) is 9.00. The maximum atomic E-state index is 10.9. The number of hydrogen-bond donors (Lipinski definition) is 2. The van der Waals surface area contributed by atoms with Crippen LogP contribution in [0.4, 0.5) is 0 Å². The second-order valence-corrected chi connectivity index (χ2v) is 7.57. The van der Waals surface area contributed by atoms with Gasteiger partial charge in [-0.15, -0.1) is 0 Å². The Morgan fingerprint density at radius 2 is 1.65 bits per heavy atom. The van der Waals surface area contributed by atoms with Crippen LogP contribution in [0, 0.1) is 25.7 Å². The van der Waals surface area contributed by atoms with Crippen LogP contribution in [0.2, 0.25) is 0 Å². The zero-order valence-corrected chi connectivity index (χ0v) is 15.5. The van der Waals surface area contributed by atoms with Gasteiger partial charge in [-0.1, -0.05) is 38.8 Å². The van der Waals surface area contributed by atoms with Gasteiger partial charge in [0.15, 0.2) is 0 Å². The molecule has 1 aliphatic carbocycles. The lowest BCUT2D eigenvalue weighted by Gasteiger charge is -2.34. The first kappa shape index (κ1) is 17.9. The number of allylic oxidation sites excluding steroid dienone is 2. The number of aromatic hydroxyl groups is 2. The summed E-state index contributed by atoms with van der Waals surface area (Å²) in [6.45, 7) is 12.7. The summed E-state index contributed by atoms with van der Waals surface area (Å²) in [7, 11) is 0. The highest BCUT2D eigenvalue weighted by atomic mass is 16.3. The smallest absolute Gasteiger partial charge is 0.126 e. The number of phenolic OH excluding ortho intramolecular Hbond substituents is 2. The molecule has 23 heavy (non-hydrogen) atoms. The number of hydrogen-bond acceptors (Lipinski definition) is 2. The first-order chi connectivity index (χ1) is 10.8. The van der Waals surface area contributed by atoms with Gasteiger partial charge in [0.2, 0.25) is 0 Å². The molecular weight excluding hydrogens is 284 g/mol. The van der Waals surface area contributed by atoms with E-state index in [2.05, 4.69) is 33.8 Å². The molecule has 0 saturated carbocycles. The van der Waals surface area contributed by atoms with Gasteiger partial charge in [0, 0.05) is 11.5 Å². The molecule has 2 nitrogen and oxygen atoms in total. The molecule has 2 N–H and O–H groups in total. The number of benzene rings is 1. The highest BCUT2D eigenvalue weighted by Crippen LogP contribution is 2.49. The molecule has 0 fully saturated rings.